The van der Waals surface area contributed by atoms with E-state index in [1.165, 1.54) is 17.7 Å². The molecule has 1 saturated carbocycles. The molecule has 2 nitrogen and oxygen atoms in total. The van der Waals surface area contributed by atoms with Gasteiger partial charge in [-0.1, -0.05) is 15.9 Å². The fraction of sp³-hybridized carbons (Fsp3) is 0.462. The zero-order chi connectivity index (χ0) is 12.3. The molecule has 0 spiro atoms. The first-order chi connectivity index (χ1) is 8.20. The molecule has 0 saturated heterocycles. The first kappa shape index (κ1) is 12.9. The second-order valence-electron chi connectivity index (χ2n) is 4.35. The number of benzene rings is 1. The molecule has 2 rings (SSSR count). The van der Waals surface area contributed by atoms with Crippen molar-refractivity contribution in [2.45, 2.75) is 23.3 Å². The summed E-state index contributed by atoms with van der Waals surface area (Å²) in [4.78, 5) is 1.21. The maximum atomic E-state index is 9.38. The van der Waals surface area contributed by atoms with E-state index < -0.39 is 0 Å². The summed E-state index contributed by atoms with van der Waals surface area (Å²) in [5.41, 5.74) is -0.349. The molecule has 1 fully saturated rings. The van der Waals surface area contributed by atoms with Crippen LogP contribution in [0.1, 0.15) is 12.8 Å². The highest BCUT2D eigenvalue weighted by Crippen LogP contribution is 2.41. The Morgan fingerprint density at radius 1 is 1.47 bits per heavy atom. The number of hydrogen-bond acceptors (Lipinski definition) is 3. The molecule has 0 amide bonds. The molecule has 0 radical (unpaired) electrons. The van der Waals surface area contributed by atoms with Crippen LogP contribution in [0.25, 0.3) is 0 Å². The van der Waals surface area contributed by atoms with Gasteiger partial charge in [0.1, 0.15) is 5.54 Å². The maximum absolute atomic E-state index is 9.38. The summed E-state index contributed by atoms with van der Waals surface area (Å²) in [5.74, 6) is 1.34. The molecule has 90 valence electrons. The Hall–Kier alpha value is -0.500. The van der Waals surface area contributed by atoms with Crippen LogP contribution in [0.5, 0.6) is 0 Å². The number of nitrogens with one attached hydrogen (secondary N) is 1. The molecular weight excluding hydrogens is 296 g/mol. The van der Waals surface area contributed by atoms with Crippen molar-refractivity contribution in [3.05, 3.63) is 28.7 Å². The summed E-state index contributed by atoms with van der Waals surface area (Å²) in [5, 5.41) is 12.6. The number of hydrogen-bond donors (Lipinski definition) is 1. The topological polar surface area (TPSA) is 35.8 Å². The van der Waals surface area contributed by atoms with Gasteiger partial charge in [-0.2, -0.15) is 5.26 Å². The minimum Gasteiger partial charge on any atom is -0.302 e. The first-order valence-corrected chi connectivity index (χ1v) is 7.46. The fourth-order valence-electron chi connectivity index (χ4n) is 1.88. The summed E-state index contributed by atoms with van der Waals surface area (Å²) in [7, 11) is 1.89. The van der Waals surface area contributed by atoms with E-state index in [0.717, 1.165) is 10.2 Å². The van der Waals surface area contributed by atoms with Crippen molar-refractivity contribution < 1.29 is 0 Å². The van der Waals surface area contributed by atoms with Crippen LogP contribution in [-0.4, -0.2) is 18.3 Å². The molecule has 1 aromatic carbocycles. The third-order valence-corrected chi connectivity index (χ3v) is 4.93. The van der Waals surface area contributed by atoms with Crippen LogP contribution in [0.2, 0.25) is 0 Å². The number of halogens is 1. The molecular formula is C13H15BrN2S. The largest absolute Gasteiger partial charge is 0.302 e. The monoisotopic (exact) mass is 310 g/mol. The van der Waals surface area contributed by atoms with Crippen LogP contribution in [0.4, 0.5) is 0 Å². The number of nitriles is 1. The third kappa shape index (κ3) is 3.04. The molecule has 0 aromatic heterocycles. The minimum absolute atomic E-state index is 0.349. The van der Waals surface area contributed by atoms with Gasteiger partial charge in [0.25, 0.3) is 0 Å². The van der Waals surface area contributed by atoms with Crippen molar-refractivity contribution in [2.75, 3.05) is 12.8 Å². The van der Waals surface area contributed by atoms with Crippen LogP contribution < -0.4 is 5.32 Å². The predicted molar refractivity (Wildman–Crippen MR) is 75.0 cm³/mol. The predicted octanol–water partition coefficient (Wildman–Crippen LogP) is 3.43. The highest BCUT2D eigenvalue weighted by Gasteiger charge is 2.44. The highest BCUT2D eigenvalue weighted by atomic mass is 79.9. The van der Waals surface area contributed by atoms with Gasteiger partial charge >= 0.3 is 0 Å². The lowest BCUT2D eigenvalue weighted by atomic mass is 9.98. The van der Waals surface area contributed by atoms with Crippen molar-refractivity contribution in [2.24, 2.45) is 5.92 Å². The second-order valence-corrected chi connectivity index (χ2v) is 6.31. The van der Waals surface area contributed by atoms with E-state index in [1.807, 2.05) is 19.2 Å². The average molecular weight is 311 g/mol. The lowest BCUT2D eigenvalue weighted by Gasteiger charge is -2.25. The van der Waals surface area contributed by atoms with Crippen LogP contribution in [0.3, 0.4) is 0 Å². The molecule has 0 aliphatic heterocycles. The van der Waals surface area contributed by atoms with E-state index in [0.29, 0.717) is 5.92 Å². The molecule has 0 heterocycles. The molecule has 1 aliphatic rings. The Labute approximate surface area is 115 Å². The van der Waals surface area contributed by atoms with E-state index in [-0.39, 0.29) is 5.54 Å². The SMILES string of the molecule is CNC(C#N)(CSc1ccc(Br)cc1)C1CC1. The standard InChI is InChI=1S/C13H15BrN2S/c1-16-13(8-15,10-2-3-10)9-17-12-6-4-11(14)5-7-12/h4-7,10,16H,2-3,9H2,1H3. The average Bonchev–Trinajstić information content (AvgIpc) is 3.18. The number of thioether (sulfide) groups is 1. The summed E-state index contributed by atoms with van der Waals surface area (Å²) in [6, 6.07) is 10.7. The van der Waals surface area contributed by atoms with Crippen LogP contribution >= 0.6 is 27.7 Å². The molecule has 0 bridgehead atoms. The summed E-state index contributed by atoms with van der Waals surface area (Å²) < 4.78 is 1.09. The normalized spacial score (nSPS) is 18.4. The Balaban J connectivity index is 2.00. The lowest BCUT2D eigenvalue weighted by molar-refractivity contribution is 0.441. The Morgan fingerprint density at radius 2 is 2.12 bits per heavy atom. The van der Waals surface area contributed by atoms with Crippen molar-refractivity contribution in [3.8, 4) is 6.07 Å². The molecule has 1 aliphatic carbocycles. The van der Waals surface area contributed by atoms with Crippen LogP contribution in [-0.2, 0) is 0 Å². The minimum atomic E-state index is -0.349. The molecule has 4 heteroatoms. The molecule has 17 heavy (non-hydrogen) atoms. The van der Waals surface area contributed by atoms with E-state index in [1.54, 1.807) is 11.8 Å². The summed E-state index contributed by atoms with van der Waals surface area (Å²) in [6.45, 7) is 0. The summed E-state index contributed by atoms with van der Waals surface area (Å²) >= 11 is 5.17. The van der Waals surface area contributed by atoms with Gasteiger partial charge < -0.3 is 5.32 Å². The van der Waals surface area contributed by atoms with Crippen molar-refractivity contribution in [1.82, 2.24) is 5.32 Å². The maximum Gasteiger partial charge on any atom is 0.118 e. The van der Waals surface area contributed by atoms with Crippen LogP contribution in [0.15, 0.2) is 33.6 Å². The van der Waals surface area contributed by atoms with Gasteiger partial charge in [-0.15, -0.1) is 11.8 Å². The van der Waals surface area contributed by atoms with Gasteiger partial charge in [-0.3, -0.25) is 0 Å². The fourth-order valence-corrected chi connectivity index (χ4v) is 3.31. The van der Waals surface area contributed by atoms with Crippen LogP contribution in [0, 0.1) is 17.2 Å². The van der Waals surface area contributed by atoms with E-state index in [2.05, 4.69) is 39.4 Å². The molecule has 1 unspecified atom stereocenters. The van der Waals surface area contributed by atoms with Gasteiger partial charge in [0.15, 0.2) is 0 Å². The second kappa shape index (κ2) is 5.43. The van der Waals surface area contributed by atoms with Crippen molar-refractivity contribution in [1.29, 1.82) is 5.26 Å². The smallest absolute Gasteiger partial charge is 0.118 e. The molecule has 1 aromatic rings. The zero-order valence-electron chi connectivity index (χ0n) is 9.74. The Kier molecular flexibility index (Phi) is 4.13. The van der Waals surface area contributed by atoms with Gasteiger partial charge in [0.2, 0.25) is 0 Å². The van der Waals surface area contributed by atoms with Gasteiger partial charge in [0.05, 0.1) is 6.07 Å². The number of nitrogens with zero attached hydrogens (tertiary/aromatic N) is 1. The van der Waals surface area contributed by atoms with Gasteiger partial charge in [-0.05, 0) is 50.1 Å². The zero-order valence-corrected chi connectivity index (χ0v) is 12.1. The first-order valence-electron chi connectivity index (χ1n) is 5.69. The van der Waals surface area contributed by atoms with Crippen molar-refractivity contribution >= 4 is 27.7 Å². The molecule has 1 atom stereocenters. The van der Waals surface area contributed by atoms with Gasteiger partial charge in [-0.25, -0.2) is 0 Å². The lowest BCUT2D eigenvalue weighted by Crippen LogP contribution is -2.46. The summed E-state index contributed by atoms with van der Waals surface area (Å²) in [6.07, 6.45) is 2.35. The van der Waals surface area contributed by atoms with E-state index >= 15 is 0 Å². The quantitative estimate of drug-likeness (QED) is 0.846. The van der Waals surface area contributed by atoms with Gasteiger partial charge in [0, 0.05) is 15.1 Å². The highest BCUT2D eigenvalue weighted by molar-refractivity contribution is 9.10. The molecule has 1 N–H and O–H groups in total. The third-order valence-electron chi connectivity index (χ3n) is 3.20. The Morgan fingerprint density at radius 3 is 2.59 bits per heavy atom. The van der Waals surface area contributed by atoms with Crippen molar-refractivity contribution in [3.63, 3.8) is 0 Å². The van der Waals surface area contributed by atoms with E-state index in [4.69, 9.17) is 0 Å². The number of rotatable bonds is 5. The Bertz CT molecular complexity index is 422. The van der Waals surface area contributed by atoms with E-state index in [9.17, 15) is 5.26 Å².